The third kappa shape index (κ3) is 29.8. The highest BCUT2D eigenvalue weighted by Gasteiger charge is 2.22. The van der Waals surface area contributed by atoms with E-state index in [9.17, 15) is 14.2 Å². The monoisotopic (exact) mass is 578 g/mol. The van der Waals surface area contributed by atoms with E-state index in [1.165, 1.54) is 83.5 Å². The highest BCUT2D eigenvalue weighted by Crippen LogP contribution is 2.35. The van der Waals surface area contributed by atoms with Crippen molar-refractivity contribution in [2.45, 2.75) is 168 Å². The number of rotatable bonds is 29. The summed E-state index contributed by atoms with van der Waals surface area (Å²) < 4.78 is 26.0. The van der Waals surface area contributed by atoms with Gasteiger partial charge in [-0.2, -0.15) is 0 Å². The van der Waals surface area contributed by atoms with Gasteiger partial charge >= 0.3 is 19.8 Å². The van der Waals surface area contributed by atoms with E-state index in [1.54, 1.807) is 0 Å². The fourth-order valence-corrected chi connectivity index (χ4v) is 4.85. The minimum Gasteiger partial charge on any atom is -0.462 e. The molecule has 0 aromatic heterocycles. The van der Waals surface area contributed by atoms with Crippen LogP contribution in [0.1, 0.15) is 162 Å². The predicted octanol–water partition coefficient (Wildman–Crippen LogP) is 8.56. The average Bonchev–Trinajstić information content (AvgIpc) is 2.89. The number of hydrogen-bond donors (Lipinski definition) is 2. The second-order valence-electron chi connectivity index (χ2n) is 10.8. The summed E-state index contributed by atoms with van der Waals surface area (Å²) in [5.74, 6) is -0.888. The average molecular weight is 579 g/mol. The zero-order valence-electron chi connectivity index (χ0n) is 25.0. The second kappa shape index (κ2) is 27.2. The summed E-state index contributed by atoms with van der Waals surface area (Å²) in [5.41, 5.74) is 0. The first-order valence-electron chi connectivity index (χ1n) is 15.8. The van der Waals surface area contributed by atoms with Crippen molar-refractivity contribution < 1.29 is 37.9 Å². The first-order chi connectivity index (χ1) is 18.8. The Morgan fingerprint density at radius 3 is 1.31 bits per heavy atom. The molecule has 0 radical (unpaired) electrons. The SMILES string of the molecule is CCCCCCCCCCCCCCCCCC(=O)OC[C@H](COP(=O)(O)O)OC(=O)CCCCCCCC. The summed E-state index contributed by atoms with van der Waals surface area (Å²) in [6, 6.07) is 0. The highest BCUT2D eigenvalue weighted by molar-refractivity contribution is 7.46. The number of phosphoric acid groups is 1. The van der Waals surface area contributed by atoms with Gasteiger partial charge in [0.15, 0.2) is 6.10 Å². The van der Waals surface area contributed by atoms with Gasteiger partial charge in [0.25, 0.3) is 0 Å². The first kappa shape index (κ1) is 38.0. The standard InChI is InChI=1S/C30H59O8P/c1-3-5-7-9-11-12-13-14-15-16-17-18-19-21-22-24-29(31)36-26-28(27-37-39(33,34)35)38-30(32)25-23-20-10-8-6-4-2/h28H,3-27H2,1-2H3,(H2,33,34,35)/t28-/m1/s1. The molecule has 0 rings (SSSR count). The van der Waals surface area contributed by atoms with Crippen molar-refractivity contribution >= 4 is 19.8 Å². The number of carbonyl (C=O) groups is 2. The topological polar surface area (TPSA) is 119 Å². The molecule has 0 unspecified atom stereocenters. The lowest BCUT2D eigenvalue weighted by Crippen LogP contribution is -2.29. The first-order valence-corrected chi connectivity index (χ1v) is 17.4. The second-order valence-corrected chi connectivity index (χ2v) is 12.0. The van der Waals surface area contributed by atoms with Crippen LogP contribution in [0.25, 0.3) is 0 Å². The van der Waals surface area contributed by atoms with Crippen molar-refractivity contribution in [1.29, 1.82) is 0 Å². The molecular weight excluding hydrogens is 519 g/mol. The molecule has 0 saturated carbocycles. The molecule has 0 bridgehead atoms. The number of unbranched alkanes of at least 4 members (excludes halogenated alkanes) is 19. The third-order valence-corrected chi connectivity index (χ3v) is 7.36. The van der Waals surface area contributed by atoms with E-state index in [0.717, 1.165) is 44.9 Å². The Kier molecular flexibility index (Phi) is 26.6. The Balaban J connectivity index is 3.90. The summed E-state index contributed by atoms with van der Waals surface area (Å²) in [5, 5.41) is 0. The quantitative estimate of drug-likeness (QED) is 0.0514. The van der Waals surface area contributed by atoms with Gasteiger partial charge in [0, 0.05) is 12.8 Å². The van der Waals surface area contributed by atoms with Gasteiger partial charge in [-0.1, -0.05) is 136 Å². The molecule has 0 spiro atoms. The van der Waals surface area contributed by atoms with Gasteiger partial charge in [0.05, 0.1) is 6.61 Å². The molecule has 2 N–H and O–H groups in total. The molecular formula is C30H59O8P. The Hall–Kier alpha value is -0.950. The van der Waals surface area contributed by atoms with Crippen LogP contribution in [-0.4, -0.2) is 41.0 Å². The molecule has 0 amide bonds. The summed E-state index contributed by atoms with van der Waals surface area (Å²) in [7, 11) is -4.73. The van der Waals surface area contributed by atoms with E-state index in [-0.39, 0.29) is 19.4 Å². The molecule has 1 atom stereocenters. The lowest BCUT2D eigenvalue weighted by atomic mass is 10.0. The van der Waals surface area contributed by atoms with Crippen molar-refractivity contribution in [3.63, 3.8) is 0 Å². The summed E-state index contributed by atoms with van der Waals surface area (Å²) >= 11 is 0. The van der Waals surface area contributed by atoms with Gasteiger partial charge in [-0.05, 0) is 12.8 Å². The molecule has 39 heavy (non-hydrogen) atoms. The summed E-state index contributed by atoms with van der Waals surface area (Å²) in [6.45, 7) is 3.59. The fourth-order valence-electron chi connectivity index (χ4n) is 4.49. The summed E-state index contributed by atoms with van der Waals surface area (Å²) in [4.78, 5) is 42.2. The fraction of sp³-hybridized carbons (Fsp3) is 0.933. The number of carbonyl (C=O) groups excluding carboxylic acids is 2. The smallest absolute Gasteiger partial charge is 0.462 e. The maximum atomic E-state index is 12.1. The van der Waals surface area contributed by atoms with Crippen molar-refractivity contribution in [3.8, 4) is 0 Å². The van der Waals surface area contributed by atoms with Gasteiger partial charge < -0.3 is 19.3 Å². The molecule has 0 aliphatic carbocycles. The van der Waals surface area contributed by atoms with Crippen molar-refractivity contribution in [2.75, 3.05) is 13.2 Å². The molecule has 232 valence electrons. The minimum absolute atomic E-state index is 0.214. The zero-order chi connectivity index (χ0) is 29.0. The molecule has 8 nitrogen and oxygen atoms in total. The van der Waals surface area contributed by atoms with Crippen LogP contribution in [0.3, 0.4) is 0 Å². The molecule has 0 aromatic carbocycles. The van der Waals surface area contributed by atoms with Crippen molar-refractivity contribution in [2.24, 2.45) is 0 Å². The maximum Gasteiger partial charge on any atom is 0.469 e. The maximum absolute atomic E-state index is 12.1. The summed E-state index contributed by atoms with van der Waals surface area (Å²) in [6.07, 6.45) is 24.3. The van der Waals surface area contributed by atoms with Gasteiger partial charge in [0.1, 0.15) is 6.61 Å². The van der Waals surface area contributed by atoms with Crippen LogP contribution in [0.15, 0.2) is 0 Å². The van der Waals surface area contributed by atoms with Crippen molar-refractivity contribution in [1.82, 2.24) is 0 Å². The number of esters is 2. The predicted molar refractivity (Wildman–Crippen MR) is 156 cm³/mol. The third-order valence-electron chi connectivity index (χ3n) is 6.88. The van der Waals surface area contributed by atoms with Gasteiger partial charge in [-0.15, -0.1) is 0 Å². The zero-order valence-corrected chi connectivity index (χ0v) is 25.9. The van der Waals surface area contributed by atoms with Crippen LogP contribution in [-0.2, 0) is 28.2 Å². The van der Waals surface area contributed by atoms with E-state index in [0.29, 0.717) is 6.42 Å². The minimum atomic E-state index is -4.73. The van der Waals surface area contributed by atoms with Crippen LogP contribution in [0, 0.1) is 0 Å². The Labute approximate surface area is 238 Å². The van der Waals surface area contributed by atoms with Crippen molar-refractivity contribution in [3.05, 3.63) is 0 Å². The van der Waals surface area contributed by atoms with Gasteiger partial charge in [-0.3, -0.25) is 14.1 Å². The van der Waals surface area contributed by atoms with Crippen LogP contribution in [0.4, 0.5) is 0 Å². The van der Waals surface area contributed by atoms with E-state index in [1.807, 2.05) is 0 Å². The molecule has 9 heteroatoms. The molecule has 0 aromatic rings. The van der Waals surface area contributed by atoms with Gasteiger partial charge in [-0.25, -0.2) is 4.57 Å². The lowest BCUT2D eigenvalue weighted by Gasteiger charge is -2.18. The number of hydrogen-bond acceptors (Lipinski definition) is 6. The van der Waals surface area contributed by atoms with E-state index in [2.05, 4.69) is 18.4 Å². The van der Waals surface area contributed by atoms with E-state index in [4.69, 9.17) is 19.3 Å². The highest BCUT2D eigenvalue weighted by atomic mass is 31.2. The number of phosphoric ester groups is 1. The molecule has 0 saturated heterocycles. The van der Waals surface area contributed by atoms with Crippen LogP contribution in [0.2, 0.25) is 0 Å². The molecule has 0 fully saturated rings. The normalized spacial score (nSPS) is 12.4. The Morgan fingerprint density at radius 1 is 0.564 bits per heavy atom. The van der Waals surface area contributed by atoms with E-state index < -0.39 is 32.5 Å². The Morgan fingerprint density at radius 2 is 0.923 bits per heavy atom. The molecule has 0 aliphatic heterocycles. The molecule has 0 aliphatic rings. The Bertz CT molecular complexity index is 622. The largest absolute Gasteiger partial charge is 0.469 e. The van der Waals surface area contributed by atoms with Gasteiger partial charge in [0.2, 0.25) is 0 Å². The number of ether oxygens (including phenoxy) is 2. The molecule has 0 heterocycles. The van der Waals surface area contributed by atoms with Crippen LogP contribution < -0.4 is 0 Å². The lowest BCUT2D eigenvalue weighted by molar-refractivity contribution is -0.161. The van der Waals surface area contributed by atoms with Crippen LogP contribution >= 0.6 is 7.82 Å². The van der Waals surface area contributed by atoms with Crippen LogP contribution in [0.5, 0.6) is 0 Å². The van der Waals surface area contributed by atoms with E-state index >= 15 is 0 Å².